The number of nitrogens with one attached hydrogen (secondary N) is 1. The summed E-state index contributed by atoms with van der Waals surface area (Å²) in [5.41, 5.74) is -1.05. The molecule has 2 nitrogen and oxygen atoms in total. The summed E-state index contributed by atoms with van der Waals surface area (Å²) < 4.78 is 39.0. The Labute approximate surface area is 119 Å². The Bertz CT molecular complexity index is 449. The Balaban J connectivity index is 2.08. The van der Waals surface area contributed by atoms with Gasteiger partial charge >= 0.3 is 6.18 Å². The Kier molecular flexibility index (Phi) is 3.68. The lowest BCUT2D eigenvalue weighted by Crippen LogP contribution is -2.44. The fourth-order valence-corrected chi connectivity index (χ4v) is 2.96. The molecule has 1 aliphatic carbocycles. The Morgan fingerprint density at radius 1 is 1.22 bits per heavy atom. The van der Waals surface area contributed by atoms with Gasteiger partial charge in [0.1, 0.15) is 11.3 Å². The SMILES string of the molecule is Oc1c(Br)cc(CNC2(C(F)(F)F)CC2)cc1Br. The minimum Gasteiger partial charge on any atom is -0.506 e. The molecular weight excluding hydrogens is 379 g/mol. The number of hydrogen-bond donors (Lipinski definition) is 2. The highest BCUT2D eigenvalue weighted by Crippen LogP contribution is 2.49. The summed E-state index contributed by atoms with van der Waals surface area (Å²) in [6.07, 6.45) is -3.97. The van der Waals surface area contributed by atoms with Crippen molar-refractivity contribution in [3.05, 3.63) is 26.6 Å². The van der Waals surface area contributed by atoms with Crippen LogP contribution in [0.4, 0.5) is 13.2 Å². The lowest BCUT2D eigenvalue weighted by Gasteiger charge is -2.21. The molecule has 7 heteroatoms. The summed E-state index contributed by atoms with van der Waals surface area (Å²) in [7, 11) is 0. The number of benzene rings is 1. The van der Waals surface area contributed by atoms with Crippen molar-refractivity contribution in [2.24, 2.45) is 0 Å². The predicted octanol–water partition coefficient (Wildman–Crippen LogP) is 4.10. The van der Waals surface area contributed by atoms with E-state index in [0.29, 0.717) is 14.5 Å². The van der Waals surface area contributed by atoms with Crippen molar-refractivity contribution in [1.82, 2.24) is 5.32 Å². The topological polar surface area (TPSA) is 32.3 Å². The molecule has 1 fully saturated rings. The number of rotatable bonds is 3. The molecule has 0 heterocycles. The summed E-state index contributed by atoms with van der Waals surface area (Å²) in [4.78, 5) is 0. The lowest BCUT2D eigenvalue weighted by molar-refractivity contribution is -0.166. The molecule has 2 N–H and O–H groups in total. The molecule has 1 aliphatic rings. The molecule has 1 aromatic carbocycles. The number of phenolic OH excluding ortho intramolecular Hbond substituents is 1. The second-order valence-electron chi connectivity index (χ2n) is 4.34. The van der Waals surface area contributed by atoms with E-state index in [9.17, 15) is 18.3 Å². The third-order valence-corrected chi connectivity index (χ3v) is 4.21. The van der Waals surface area contributed by atoms with E-state index in [1.807, 2.05) is 0 Å². The maximum atomic E-state index is 12.7. The molecular formula is C11H10Br2F3NO. The third kappa shape index (κ3) is 2.67. The van der Waals surface area contributed by atoms with Gasteiger partial charge in [-0.15, -0.1) is 0 Å². The number of aromatic hydroxyl groups is 1. The predicted molar refractivity (Wildman–Crippen MR) is 68.4 cm³/mol. The quantitative estimate of drug-likeness (QED) is 0.816. The summed E-state index contributed by atoms with van der Waals surface area (Å²) in [5, 5.41) is 12.1. The van der Waals surface area contributed by atoms with Gasteiger partial charge in [0.25, 0.3) is 0 Å². The largest absolute Gasteiger partial charge is 0.506 e. The molecule has 0 radical (unpaired) electrons. The van der Waals surface area contributed by atoms with E-state index in [1.54, 1.807) is 12.1 Å². The molecule has 0 spiro atoms. The molecule has 1 saturated carbocycles. The van der Waals surface area contributed by atoms with Gasteiger partial charge < -0.3 is 5.11 Å². The van der Waals surface area contributed by atoms with E-state index in [2.05, 4.69) is 37.2 Å². The van der Waals surface area contributed by atoms with Gasteiger partial charge in [-0.05, 0) is 62.4 Å². The third-order valence-electron chi connectivity index (χ3n) is 3.00. The molecule has 100 valence electrons. The summed E-state index contributed by atoms with van der Waals surface area (Å²) in [6, 6.07) is 3.19. The average Bonchev–Trinajstić information content (AvgIpc) is 3.03. The first-order chi connectivity index (χ1) is 8.25. The minimum atomic E-state index is -4.21. The first kappa shape index (κ1) is 14.1. The number of hydrogen-bond acceptors (Lipinski definition) is 2. The van der Waals surface area contributed by atoms with Gasteiger partial charge in [0.05, 0.1) is 8.95 Å². The zero-order chi connectivity index (χ0) is 13.6. The molecule has 0 aliphatic heterocycles. The molecule has 0 unspecified atom stereocenters. The zero-order valence-corrected chi connectivity index (χ0v) is 12.3. The number of halogens is 5. The van der Waals surface area contributed by atoms with Crippen LogP contribution in [0.2, 0.25) is 0 Å². The smallest absolute Gasteiger partial charge is 0.406 e. The summed E-state index contributed by atoms with van der Waals surface area (Å²) >= 11 is 6.28. The van der Waals surface area contributed by atoms with Crippen molar-refractivity contribution in [3.8, 4) is 5.75 Å². The molecule has 0 saturated heterocycles. The Morgan fingerprint density at radius 3 is 2.11 bits per heavy atom. The second-order valence-corrected chi connectivity index (χ2v) is 6.05. The van der Waals surface area contributed by atoms with Crippen LogP contribution in [0.1, 0.15) is 18.4 Å². The molecule has 0 atom stereocenters. The molecule has 0 bridgehead atoms. The molecule has 0 aromatic heterocycles. The van der Waals surface area contributed by atoms with Crippen molar-refractivity contribution >= 4 is 31.9 Å². The second kappa shape index (κ2) is 4.68. The van der Waals surface area contributed by atoms with Gasteiger partial charge in [0.2, 0.25) is 0 Å². The Morgan fingerprint density at radius 2 is 1.72 bits per heavy atom. The van der Waals surface area contributed by atoms with Crippen LogP contribution in [0.25, 0.3) is 0 Å². The van der Waals surface area contributed by atoms with Gasteiger partial charge in [-0.1, -0.05) is 0 Å². The summed E-state index contributed by atoms with van der Waals surface area (Å²) in [6.45, 7) is 0.108. The van der Waals surface area contributed by atoms with Crippen LogP contribution in [0.5, 0.6) is 5.75 Å². The standard InChI is InChI=1S/C11H10Br2F3NO/c12-7-3-6(4-8(13)9(7)18)5-17-10(1-2-10)11(14,15)16/h3-4,17-18H,1-2,5H2. The molecule has 1 aromatic rings. The van der Waals surface area contributed by atoms with Crippen molar-refractivity contribution < 1.29 is 18.3 Å². The van der Waals surface area contributed by atoms with Crippen LogP contribution in [0.3, 0.4) is 0 Å². The van der Waals surface area contributed by atoms with E-state index in [0.717, 1.165) is 0 Å². The maximum absolute atomic E-state index is 12.7. The van der Waals surface area contributed by atoms with Crippen LogP contribution in [0, 0.1) is 0 Å². The van der Waals surface area contributed by atoms with Gasteiger partial charge in [0, 0.05) is 6.54 Å². The Hall–Kier alpha value is -0.270. The van der Waals surface area contributed by atoms with Gasteiger partial charge in [-0.2, -0.15) is 13.2 Å². The highest BCUT2D eigenvalue weighted by atomic mass is 79.9. The maximum Gasteiger partial charge on any atom is 0.406 e. The monoisotopic (exact) mass is 387 g/mol. The van der Waals surface area contributed by atoms with Crippen molar-refractivity contribution in [2.45, 2.75) is 31.1 Å². The molecule has 18 heavy (non-hydrogen) atoms. The zero-order valence-electron chi connectivity index (χ0n) is 9.11. The molecule has 0 amide bonds. The number of phenols is 1. The lowest BCUT2D eigenvalue weighted by atomic mass is 10.2. The van der Waals surface area contributed by atoms with Crippen LogP contribution < -0.4 is 5.32 Å². The van der Waals surface area contributed by atoms with Crippen LogP contribution >= 0.6 is 31.9 Å². The number of alkyl halides is 3. The van der Waals surface area contributed by atoms with Crippen molar-refractivity contribution in [1.29, 1.82) is 0 Å². The van der Waals surface area contributed by atoms with Crippen LogP contribution in [-0.4, -0.2) is 16.8 Å². The highest BCUT2D eigenvalue weighted by Gasteiger charge is 2.62. The van der Waals surface area contributed by atoms with E-state index >= 15 is 0 Å². The minimum absolute atomic E-state index is 0.0377. The fraction of sp³-hybridized carbons (Fsp3) is 0.455. The van der Waals surface area contributed by atoms with E-state index in [4.69, 9.17) is 0 Å². The average molecular weight is 389 g/mol. The van der Waals surface area contributed by atoms with E-state index in [-0.39, 0.29) is 25.1 Å². The van der Waals surface area contributed by atoms with Crippen molar-refractivity contribution in [3.63, 3.8) is 0 Å². The normalized spacial score (nSPS) is 17.8. The summed E-state index contributed by atoms with van der Waals surface area (Å²) in [5.74, 6) is 0.0377. The molecule has 2 rings (SSSR count). The first-order valence-corrected chi connectivity index (χ1v) is 6.82. The van der Waals surface area contributed by atoms with Gasteiger partial charge in [-0.3, -0.25) is 5.32 Å². The highest BCUT2D eigenvalue weighted by molar-refractivity contribution is 9.11. The van der Waals surface area contributed by atoms with Gasteiger partial charge in [-0.25, -0.2) is 0 Å². The fourth-order valence-electron chi connectivity index (χ4n) is 1.68. The van der Waals surface area contributed by atoms with Crippen LogP contribution in [0.15, 0.2) is 21.1 Å². The van der Waals surface area contributed by atoms with Crippen molar-refractivity contribution in [2.75, 3.05) is 0 Å². The van der Waals surface area contributed by atoms with E-state index in [1.165, 1.54) is 0 Å². The van der Waals surface area contributed by atoms with Gasteiger partial charge in [0.15, 0.2) is 0 Å². The first-order valence-electron chi connectivity index (χ1n) is 5.24. The van der Waals surface area contributed by atoms with E-state index < -0.39 is 11.7 Å². The van der Waals surface area contributed by atoms with Crippen LogP contribution in [-0.2, 0) is 6.54 Å².